The van der Waals surface area contributed by atoms with Gasteiger partial charge >= 0.3 is 0 Å². The van der Waals surface area contributed by atoms with Crippen molar-refractivity contribution in [2.24, 2.45) is 0 Å². The Morgan fingerprint density at radius 1 is 1.53 bits per heavy atom. The molecule has 0 aliphatic carbocycles. The first-order chi connectivity index (χ1) is 7.02. The molecule has 2 nitrogen and oxygen atoms in total. The van der Waals surface area contributed by atoms with Crippen molar-refractivity contribution in [1.82, 2.24) is 5.32 Å². The first kappa shape index (κ1) is 12.4. The van der Waals surface area contributed by atoms with Gasteiger partial charge < -0.3 is 5.32 Å². The molecule has 0 unspecified atom stereocenters. The van der Waals surface area contributed by atoms with Crippen molar-refractivity contribution in [3.05, 3.63) is 45.1 Å². The Bertz CT molecular complexity index is 406. The van der Waals surface area contributed by atoms with Gasteiger partial charge in [-0.25, -0.2) is 4.39 Å². The van der Waals surface area contributed by atoms with Crippen LogP contribution in [0, 0.1) is 5.82 Å². The van der Waals surface area contributed by atoms with E-state index in [0.717, 1.165) is 0 Å². The van der Waals surface area contributed by atoms with Crippen LogP contribution >= 0.6 is 31.9 Å². The van der Waals surface area contributed by atoms with Gasteiger partial charge in [0.25, 0.3) is 5.91 Å². The summed E-state index contributed by atoms with van der Waals surface area (Å²) in [4.78, 5) is 11.5. The van der Waals surface area contributed by atoms with E-state index in [0.29, 0.717) is 4.48 Å². The van der Waals surface area contributed by atoms with E-state index in [9.17, 15) is 9.18 Å². The maximum atomic E-state index is 13.4. The highest BCUT2D eigenvalue weighted by Crippen LogP contribution is 2.18. The zero-order chi connectivity index (χ0) is 11.4. The second-order valence-corrected chi connectivity index (χ2v) is 4.78. The van der Waals surface area contributed by atoms with Gasteiger partial charge in [-0.3, -0.25) is 4.79 Å². The van der Waals surface area contributed by atoms with Crippen LogP contribution in [0.25, 0.3) is 0 Å². The van der Waals surface area contributed by atoms with Gasteiger partial charge in [0, 0.05) is 11.0 Å². The molecule has 0 saturated heterocycles. The molecule has 1 amide bonds. The summed E-state index contributed by atoms with van der Waals surface area (Å²) in [5.74, 6) is -1.02. The van der Waals surface area contributed by atoms with Crippen LogP contribution in [0.3, 0.4) is 0 Å². The molecule has 0 atom stereocenters. The number of carbonyl (C=O) groups excluding carboxylic acids is 1. The van der Waals surface area contributed by atoms with Gasteiger partial charge in [-0.05, 0) is 28.1 Å². The van der Waals surface area contributed by atoms with Crippen LogP contribution in [0.1, 0.15) is 10.4 Å². The Labute approximate surface area is 104 Å². The third-order valence-electron chi connectivity index (χ3n) is 1.64. The Hall–Kier alpha value is -0.680. The van der Waals surface area contributed by atoms with Crippen LogP contribution in [-0.4, -0.2) is 12.5 Å². The third kappa shape index (κ3) is 3.43. The van der Waals surface area contributed by atoms with E-state index in [2.05, 4.69) is 43.8 Å². The van der Waals surface area contributed by atoms with Crippen LogP contribution in [0.5, 0.6) is 0 Å². The summed E-state index contributed by atoms with van der Waals surface area (Å²) in [5.41, 5.74) is 0.0122. The number of hydrogen-bond acceptors (Lipinski definition) is 1. The van der Waals surface area contributed by atoms with Gasteiger partial charge in [0.15, 0.2) is 0 Å². The number of rotatable bonds is 3. The zero-order valence-corrected chi connectivity index (χ0v) is 10.9. The molecule has 0 aliphatic rings. The van der Waals surface area contributed by atoms with Crippen LogP contribution in [0.2, 0.25) is 0 Å². The Morgan fingerprint density at radius 2 is 2.20 bits per heavy atom. The lowest BCUT2D eigenvalue weighted by atomic mass is 10.2. The lowest BCUT2D eigenvalue weighted by Crippen LogP contribution is -2.25. The normalized spacial score (nSPS) is 9.80. The molecular formula is C10H8Br2FNO. The summed E-state index contributed by atoms with van der Waals surface area (Å²) < 4.78 is 14.3. The second-order valence-electron chi connectivity index (χ2n) is 2.80. The highest BCUT2D eigenvalue weighted by Gasteiger charge is 2.12. The van der Waals surface area contributed by atoms with E-state index < -0.39 is 11.7 Å². The van der Waals surface area contributed by atoms with Crippen LogP contribution < -0.4 is 5.32 Å². The Balaban J connectivity index is 2.82. The van der Waals surface area contributed by atoms with Crippen molar-refractivity contribution in [3.63, 3.8) is 0 Å². The van der Waals surface area contributed by atoms with Crippen molar-refractivity contribution in [2.45, 2.75) is 0 Å². The lowest BCUT2D eigenvalue weighted by Gasteiger charge is -2.05. The molecule has 0 fully saturated rings. The summed E-state index contributed by atoms with van der Waals surface area (Å²) in [6.07, 6.45) is 0. The predicted octanol–water partition coefficient (Wildman–Crippen LogP) is 3.23. The lowest BCUT2D eigenvalue weighted by molar-refractivity contribution is 0.0953. The minimum absolute atomic E-state index is 0.0122. The molecule has 1 rings (SSSR count). The molecule has 0 spiro atoms. The monoisotopic (exact) mass is 335 g/mol. The van der Waals surface area contributed by atoms with Crippen molar-refractivity contribution in [2.75, 3.05) is 6.54 Å². The van der Waals surface area contributed by atoms with E-state index in [1.165, 1.54) is 12.1 Å². The molecule has 0 radical (unpaired) electrons. The van der Waals surface area contributed by atoms with Crippen LogP contribution in [0.4, 0.5) is 4.39 Å². The van der Waals surface area contributed by atoms with Crippen molar-refractivity contribution < 1.29 is 9.18 Å². The molecule has 1 N–H and O–H groups in total. The smallest absolute Gasteiger partial charge is 0.254 e. The molecule has 0 aliphatic heterocycles. The quantitative estimate of drug-likeness (QED) is 0.902. The summed E-state index contributed by atoms with van der Waals surface area (Å²) in [7, 11) is 0. The van der Waals surface area contributed by atoms with E-state index in [-0.39, 0.29) is 16.6 Å². The standard InChI is InChI=1S/C10H8Br2FNO/c1-6(11)5-14-10(15)7-3-2-4-8(12)9(7)13/h2-4H,1,5H2,(H,14,15). The summed E-state index contributed by atoms with van der Waals surface area (Å²) >= 11 is 6.11. The highest BCUT2D eigenvalue weighted by atomic mass is 79.9. The van der Waals surface area contributed by atoms with Crippen LogP contribution in [0.15, 0.2) is 33.7 Å². The van der Waals surface area contributed by atoms with Gasteiger partial charge in [-0.2, -0.15) is 0 Å². The third-order valence-corrected chi connectivity index (χ3v) is 2.53. The molecule has 0 saturated carbocycles. The van der Waals surface area contributed by atoms with Crippen molar-refractivity contribution in [3.8, 4) is 0 Å². The van der Waals surface area contributed by atoms with E-state index >= 15 is 0 Å². The molecule has 0 aromatic heterocycles. The number of hydrogen-bond donors (Lipinski definition) is 1. The maximum Gasteiger partial charge on any atom is 0.254 e. The predicted molar refractivity (Wildman–Crippen MR) is 64.5 cm³/mol. The first-order valence-electron chi connectivity index (χ1n) is 4.08. The second kappa shape index (κ2) is 5.42. The largest absolute Gasteiger partial charge is 0.347 e. The summed E-state index contributed by atoms with van der Waals surface area (Å²) in [6, 6.07) is 4.56. The van der Waals surface area contributed by atoms with Gasteiger partial charge in [0.05, 0.1) is 10.0 Å². The minimum atomic E-state index is -0.560. The number of halogens is 3. The highest BCUT2D eigenvalue weighted by molar-refractivity contribution is 9.11. The molecule has 0 bridgehead atoms. The average Bonchev–Trinajstić information content (AvgIpc) is 2.18. The molecular weight excluding hydrogens is 329 g/mol. The van der Waals surface area contributed by atoms with E-state index in [1.54, 1.807) is 6.07 Å². The molecule has 80 valence electrons. The minimum Gasteiger partial charge on any atom is -0.347 e. The number of benzene rings is 1. The SMILES string of the molecule is C=C(Br)CNC(=O)c1cccc(Br)c1F. The number of nitrogens with one attached hydrogen (secondary N) is 1. The van der Waals surface area contributed by atoms with Gasteiger partial charge in [-0.15, -0.1) is 0 Å². The van der Waals surface area contributed by atoms with Gasteiger partial charge in [0.1, 0.15) is 5.82 Å². The van der Waals surface area contributed by atoms with Gasteiger partial charge in [0.2, 0.25) is 0 Å². The summed E-state index contributed by atoms with van der Waals surface area (Å²) in [6.45, 7) is 3.83. The van der Waals surface area contributed by atoms with E-state index in [4.69, 9.17) is 0 Å². The first-order valence-corrected chi connectivity index (χ1v) is 5.66. The molecule has 1 aromatic carbocycles. The van der Waals surface area contributed by atoms with Crippen molar-refractivity contribution >= 4 is 37.8 Å². The van der Waals surface area contributed by atoms with E-state index in [1.807, 2.05) is 0 Å². The van der Waals surface area contributed by atoms with Gasteiger partial charge in [-0.1, -0.05) is 28.6 Å². The average molecular weight is 337 g/mol. The fraction of sp³-hybridized carbons (Fsp3) is 0.100. The fourth-order valence-electron chi connectivity index (χ4n) is 0.951. The molecule has 0 heterocycles. The molecule has 5 heteroatoms. The van der Waals surface area contributed by atoms with Crippen molar-refractivity contribution in [1.29, 1.82) is 0 Å². The summed E-state index contributed by atoms with van der Waals surface area (Å²) in [5, 5.41) is 2.52. The zero-order valence-electron chi connectivity index (χ0n) is 7.69. The number of carbonyl (C=O) groups is 1. The Morgan fingerprint density at radius 3 is 2.80 bits per heavy atom. The number of amides is 1. The topological polar surface area (TPSA) is 29.1 Å². The Kier molecular flexibility index (Phi) is 4.47. The fourth-order valence-corrected chi connectivity index (χ4v) is 1.46. The van der Waals surface area contributed by atoms with Crippen LogP contribution in [-0.2, 0) is 0 Å². The maximum absolute atomic E-state index is 13.4. The molecule has 15 heavy (non-hydrogen) atoms. The molecule has 1 aromatic rings.